The Balaban J connectivity index is 2.78. The van der Waals surface area contributed by atoms with Crippen LogP contribution in [0.3, 0.4) is 0 Å². The Morgan fingerprint density at radius 3 is 2.63 bits per heavy atom. The number of aliphatic carboxylic acids is 1. The highest BCUT2D eigenvalue weighted by Gasteiger charge is 2.18. The quantitative estimate of drug-likeness (QED) is 0.749. The zero-order chi connectivity index (χ0) is 14.4. The Kier molecular flexibility index (Phi) is 5.63. The van der Waals surface area contributed by atoms with Gasteiger partial charge in [-0.15, -0.1) is 0 Å². The number of carboxylic acids is 1. The van der Waals surface area contributed by atoms with Gasteiger partial charge in [-0.3, -0.25) is 9.59 Å². The third kappa shape index (κ3) is 4.79. The fourth-order valence-corrected chi connectivity index (χ4v) is 1.91. The first-order chi connectivity index (χ1) is 8.93. The highest BCUT2D eigenvalue weighted by molar-refractivity contribution is 6.30. The minimum Gasteiger partial charge on any atom is -0.507 e. The molecule has 104 valence electrons. The van der Waals surface area contributed by atoms with Crippen LogP contribution in [0.15, 0.2) is 18.2 Å². The van der Waals surface area contributed by atoms with Crippen molar-refractivity contribution in [3.63, 3.8) is 0 Å². The fraction of sp³-hybridized carbons (Fsp3) is 0.385. The molecule has 0 saturated heterocycles. The van der Waals surface area contributed by atoms with Crippen LogP contribution in [-0.2, 0) is 4.79 Å². The molecular weight excluding hydrogens is 270 g/mol. The van der Waals surface area contributed by atoms with E-state index in [2.05, 4.69) is 5.32 Å². The van der Waals surface area contributed by atoms with Crippen LogP contribution in [0.1, 0.15) is 36.5 Å². The van der Waals surface area contributed by atoms with Gasteiger partial charge in [-0.1, -0.05) is 24.9 Å². The molecule has 0 aliphatic rings. The lowest BCUT2D eigenvalue weighted by Crippen LogP contribution is -2.36. The molecule has 0 saturated carbocycles. The fourth-order valence-electron chi connectivity index (χ4n) is 1.74. The normalized spacial score (nSPS) is 11.9. The average molecular weight is 286 g/mol. The van der Waals surface area contributed by atoms with E-state index in [9.17, 15) is 14.7 Å². The molecule has 0 aliphatic carbocycles. The van der Waals surface area contributed by atoms with Gasteiger partial charge in [0.25, 0.3) is 5.91 Å². The van der Waals surface area contributed by atoms with Crippen LogP contribution in [0, 0.1) is 0 Å². The molecule has 5 nitrogen and oxygen atoms in total. The second-order valence-electron chi connectivity index (χ2n) is 4.22. The summed E-state index contributed by atoms with van der Waals surface area (Å²) in [6.07, 6.45) is 1.17. The van der Waals surface area contributed by atoms with Crippen molar-refractivity contribution in [1.29, 1.82) is 0 Å². The van der Waals surface area contributed by atoms with E-state index in [-0.39, 0.29) is 17.7 Å². The second-order valence-corrected chi connectivity index (χ2v) is 4.65. The van der Waals surface area contributed by atoms with Gasteiger partial charge >= 0.3 is 5.97 Å². The number of carboxylic acid groups (broad SMARTS) is 1. The monoisotopic (exact) mass is 285 g/mol. The molecule has 1 unspecified atom stereocenters. The number of halogens is 1. The van der Waals surface area contributed by atoms with Crippen LogP contribution >= 0.6 is 11.6 Å². The number of hydrogen-bond acceptors (Lipinski definition) is 3. The van der Waals surface area contributed by atoms with E-state index in [1.807, 2.05) is 6.92 Å². The summed E-state index contributed by atoms with van der Waals surface area (Å²) in [5, 5.41) is 21.3. The molecule has 6 heteroatoms. The molecule has 1 atom stereocenters. The van der Waals surface area contributed by atoms with Crippen LogP contribution in [0.25, 0.3) is 0 Å². The molecule has 1 aromatic carbocycles. The topological polar surface area (TPSA) is 86.6 Å². The summed E-state index contributed by atoms with van der Waals surface area (Å²) in [5.41, 5.74) is 0.0795. The molecule has 1 rings (SSSR count). The molecule has 0 bridgehead atoms. The van der Waals surface area contributed by atoms with Crippen molar-refractivity contribution < 1.29 is 19.8 Å². The minimum atomic E-state index is -0.973. The summed E-state index contributed by atoms with van der Waals surface area (Å²) in [4.78, 5) is 22.6. The van der Waals surface area contributed by atoms with E-state index in [1.54, 1.807) is 0 Å². The van der Waals surface area contributed by atoms with E-state index in [0.717, 1.165) is 6.42 Å². The van der Waals surface area contributed by atoms with Crippen molar-refractivity contribution in [2.75, 3.05) is 0 Å². The molecule has 0 aromatic heterocycles. The highest BCUT2D eigenvalue weighted by Crippen LogP contribution is 2.22. The number of aromatic hydroxyl groups is 1. The standard InChI is InChI=1S/C13H16ClNO4/c1-2-3-9(7-12(17)18)15-13(19)10-5-4-8(14)6-11(10)16/h4-6,9,16H,2-3,7H2,1H3,(H,15,19)(H,17,18). The number of phenols is 1. The third-order valence-corrected chi connectivity index (χ3v) is 2.83. The highest BCUT2D eigenvalue weighted by atomic mass is 35.5. The van der Waals surface area contributed by atoms with E-state index in [0.29, 0.717) is 11.4 Å². The first kappa shape index (κ1) is 15.3. The smallest absolute Gasteiger partial charge is 0.305 e. The Bertz CT molecular complexity index is 476. The predicted molar refractivity (Wildman–Crippen MR) is 71.5 cm³/mol. The molecule has 0 radical (unpaired) electrons. The van der Waals surface area contributed by atoms with Gasteiger partial charge in [-0.05, 0) is 24.6 Å². The van der Waals surface area contributed by atoms with Gasteiger partial charge < -0.3 is 15.5 Å². The number of amides is 1. The number of benzene rings is 1. The summed E-state index contributed by atoms with van der Waals surface area (Å²) in [6, 6.07) is 3.70. The number of phenolic OH excluding ortho intramolecular Hbond substituents is 1. The van der Waals surface area contributed by atoms with Gasteiger partial charge in [0.2, 0.25) is 0 Å². The van der Waals surface area contributed by atoms with Gasteiger partial charge in [0.1, 0.15) is 5.75 Å². The van der Waals surface area contributed by atoms with E-state index in [4.69, 9.17) is 16.7 Å². The maximum atomic E-state index is 11.9. The summed E-state index contributed by atoms with van der Waals surface area (Å²) in [5.74, 6) is -1.71. The van der Waals surface area contributed by atoms with Crippen LogP contribution < -0.4 is 5.32 Å². The summed E-state index contributed by atoms with van der Waals surface area (Å²) >= 11 is 5.68. The van der Waals surface area contributed by atoms with E-state index in [1.165, 1.54) is 18.2 Å². The van der Waals surface area contributed by atoms with E-state index < -0.39 is 17.9 Å². The predicted octanol–water partition coefficient (Wildman–Crippen LogP) is 2.42. The number of hydrogen-bond donors (Lipinski definition) is 3. The van der Waals surface area contributed by atoms with Gasteiger partial charge in [-0.25, -0.2) is 0 Å². The molecule has 0 heterocycles. The number of carbonyl (C=O) groups excluding carboxylic acids is 1. The van der Waals surface area contributed by atoms with Gasteiger partial charge in [0, 0.05) is 11.1 Å². The minimum absolute atomic E-state index is 0.0795. The lowest BCUT2D eigenvalue weighted by Gasteiger charge is -2.16. The third-order valence-electron chi connectivity index (χ3n) is 2.60. The van der Waals surface area contributed by atoms with Crippen molar-refractivity contribution >= 4 is 23.5 Å². The SMILES string of the molecule is CCCC(CC(=O)O)NC(=O)c1ccc(Cl)cc1O. The number of carbonyl (C=O) groups is 2. The summed E-state index contributed by atoms with van der Waals surface area (Å²) < 4.78 is 0. The Morgan fingerprint density at radius 1 is 1.42 bits per heavy atom. The molecule has 1 amide bonds. The van der Waals surface area contributed by atoms with Crippen molar-refractivity contribution in [3.05, 3.63) is 28.8 Å². The number of nitrogens with one attached hydrogen (secondary N) is 1. The molecule has 3 N–H and O–H groups in total. The van der Waals surface area contributed by atoms with E-state index >= 15 is 0 Å². The molecule has 1 aromatic rings. The average Bonchev–Trinajstić information content (AvgIpc) is 2.27. The number of rotatable bonds is 6. The van der Waals surface area contributed by atoms with Crippen molar-refractivity contribution in [3.8, 4) is 5.75 Å². The van der Waals surface area contributed by atoms with Crippen molar-refractivity contribution in [1.82, 2.24) is 5.32 Å². The first-order valence-corrected chi connectivity index (χ1v) is 6.33. The molecule has 0 aliphatic heterocycles. The largest absolute Gasteiger partial charge is 0.507 e. The zero-order valence-electron chi connectivity index (χ0n) is 10.5. The molecular formula is C13H16ClNO4. The molecule has 0 fully saturated rings. The zero-order valence-corrected chi connectivity index (χ0v) is 11.3. The Hall–Kier alpha value is -1.75. The van der Waals surface area contributed by atoms with Crippen LogP contribution in [0.2, 0.25) is 5.02 Å². The maximum absolute atomic E-state index is 11.9. The lowest BCUT2D eigenvalue weighted by molar-refractivity contribution is -0.137. The van der Waals surface area contributed by atoms with Gasteiger partial charge in [-0.2, -0.15) is 0 Å². The Morgan fingerprint density at radius 2 is 2.11 bits per heavy atom. The first-order valence-electron chi connectivity index (χ1n) is 5.95. The van der Waals surface area contributed by atoms with Gasteiger partial charge in [0.15, 0.2) is 0 Å². The van der Waals surface area contributed by atoms with Crippen LogP contribution in [0.4, 0.5) is 0 Å². The lowest BCUT2D eigenvalue weighted by atomic mass is 10.1. The molecule has 19 heavy (non-hydrogen) atoms. The summed E-state index contributed by atoms with van der Waals surface area (Å²) in [7, 11) is 0. The van der Waals surface area contributed by atoms with Gasteiger partial charge in [0.05, 0.1) is 12.0 Å². The Labute approximate surface area is 116 Å². The van der Waals surface area contributed by atoms with Crippen molar-refractivity contribution in [2.24, 2.45) is 0 Å². The van der Waals surface area contributed by atoms with Crippen molar-refractivity contribution in [2.45, 2.75) is 32.2 Å². The maximum Gasteiger partial charge on any atom is 0.305 e. The van der Waals surface area contributed by atoms with Crippen LogP contribution in [0.5, 0.6) is 5.75 Å². The van der Waals surface area contributed by atoms with Crippen LogP contribution in [-0.4, -0.2) is 28.1 Å². The summed E-state index contributed by atoms with van der Waals surface area (Å²) in [6.45, 7) is 1.90. The molecule has 0 spiro atoms. The second kappa shape index (κ2) is 6.99.